The second kappa shape index (κ2) is 6.93. The van der Waals surface area contributed by atoms with Crippen molar-refractivity contribution >= 4 is 0 Å². The number of benzene rings is 1. The van der Waals surface area contributed by atoms with E-state index < -0.39 is 0 Å². The summed E-state index contributed by atoms with van der Waals surface area (Å²) >= 11 is 0. The Morgan fingerprint density at radius 1 is 1.00 bits per heavy atom. The second-order valence-corrected chi connectivity index (χ2v) is 8.07. The molecule has 0 spiro atoms. The van der Waals surface area contributed by atoms with Gasteiger partial charge in [-0.25, -0.2) is 0 Å². The van der Waals surface area contributed by atoms with Gasteiger partial charge in [-0.3, -0.25) is 0 Å². The van der Waals surface area contributed by atoms with E-state index in [-0.39, 0.29) is 16.9 Å². The fraction of sp³-hybridized carbons (Fsp3) is 0.684. The van der Waals surface area contributed by atoms with Crippen LogP contribution in [0.25, 0.3) is 0 Å². The smallest absolute Gasteiger partial charge is 0.0775 e. The van der Waals surface area contributed by atoms with E-state index in [1.165, 1.54) is 11.1 Å². The monoisotopic (exact) mass is 291 g/mol. The highest BCUT2D eigenvalue weighted by atomic mass is 16.5. The summed E-state index contributed by atoms with van der Waals surface area (Å²) in [5.41, 5.74) is 3.06. The molecule has 21 heavy (non-hydrogen) atoms. The van der Waals surface area contributed by atoms with E-state index in [2.05, 4.69) is 71.1 Å². The van der Waals surface area contributed by atoms with Crippen molar-refractivity contribution in [2.45, 2.75) is 65.5 Å². The van der Waals surface area contributed by atoms with Crippen LogP contribution in [0, 0.1) is 5.41 Å². The molecule has 0 aliphatic carbocycles. The molecule has 2 nitrogen and oxygen atoms in total. The van der Waals surface area contributed by atoms with E-state index >= 15 is 0 Å². The fourth-order valence-electron chi connectivity index (χ4n) is 2.88. The Kier molecular flexibility index (Phi) is 6.01. The summed E-state index contributed by atoms with van der Waals surface area (Å²) in [5.74, 6) is 0. The zero-order valence-electron chi connectivity index (χ0n) is 15.1. The Morgan fingerprint density at radius 3 is 1.86 bits per heavy atom. The topological polar surface area (TPSA) is 21.3 Å². The van der Waals surface area contributed by atoms with Gasteiger partial charge < -0.3 is 10.1 Å². The molecule has 0 amide bonds. The number of methoxy groups -OCH3 is 1. The van der Waals surface area contributed by atoms with Crippen molar-refractivity contribution in [1.29, 1.82) is 0 Å². The third-order valence-corrected chi connectivity index (χ3v) is 4.12. The maximum atomic E-state index is 5.76. The van der Waals surface area contributed by atoms with E-state index in [0.717, 1.165) is 6.42 Å². The van der Waals surface area contributed by atoms with E-state index in [9.17, 15) is 0 Å². The lowest BCUT2D eigenvalue weighted by atomic mass is 9.82. The first-order valence-corrected chi connectivity index (χ1v) is 7.89. The summed E-state index contributed by atoms with van der Waals surface area (Å²) < 4.78 is 5.76. The molecule has 0 bridgehead atoms. The van der Waals surface area contributed by atoms with Crippen LogP contribution in [0.1, 0.15) is 52.7 Å². The predicted molar refractivity (Wildman–Crippen MR) is 91.9 cm³/mol. The Bertz CT molecular complexity index is 422. The highest BCUT2D eigenvalue weighted by Gasteiger charge is 2.31. The number of nitrogens with one attached hydrogen (secondary N) is 1. The van der Waals surface area contributed by atoms with E-state index in [1.54, 1.807) is 0 Å². The number of likely N-dealkylation sites (N-methyl/N-ethyl adjacent to an activating group) is 1. The van der Waals surface area contributed by atoms with Gasteiger partial charge in [0.25, 0.3) is 0 Å². The molecule has 2 unspecified atom stereocenters. The van der Waals surface area contributed by atoms with Crippen molar-refractivity contribution in [2.24, 2.45) is 5.41 Å². The third-order valence-electron chi connectivity index (χ3n) is 4.12. The lowest BCUT2D eigenvalue weighted by molar-refractivity contribution is -0.00921. The summed E-state index contributed by atoms with van der Waals surface area (Å²) in [6.45, 7) is 13.4. The van der Waals surface area contributed by atoms with Crippen LogP contribution >= 0.6 is 0 Å². The van der Waals surface area contributed by atoms with Crippen molar-refractivity contribution in [3.05, 3.63) is 35.4 Å². The van der Waals surface area contributed by atoms with Crippen molar-refractivity contribution in [1.82, 2.24) is 5.32 Å². The van der Waals surface area contributed by atoms with Gasteiger partial charge in [0.15, 0.2) is 0 Å². The van der Waals surface area contributed by atoms with Gasteiger partial charge in [0, 0.05) is 13.2 Å². The van der Waals surface area contributed by atoms with Crippen molar-refractivity contribution in [2.75, 3.05) is 14.2 Å². The Labute approximate surface area is 131 Å². The Morgan fingerprint density at radius 2 is 1.52 bits per heavy atom. The molecular formula is C19H33NO. The minimum atomic E-state index is 0.119. The van der Waals surface area contributed by atoms with Gasteiger partial charge in [0.2, 0.25) is 0 Å². The average molecular weight is 291 g/mol. The molecule has 1 rings (SSSR count). The molecule has 1 aromatic rings. The first-order chi connectivity index (χ1) is 9.59. The molecule has 0 aliphatic rings. The molecule has 0 radical (unpaired) electrons. The molecular weight excluding hydrogens is 258 g/mol. The van der Waals surface area contributed by atoms with Crippen LogP contribution in [0.3, 0.4) is 0 Å². The fourth-order valence-corrected chi connectivity index (χ4v) is 2.88. The van der Waals surface area contributed by atoms with Crippen LogP contribution in [-0.2, 0) is 16.6 Å². The molecule has 0 heterocycles. The summed E-state index contributed by atoms with van der Waals surface area (Å²) in [7, 11) is 3.83. The zero-order valence-corrected chi connectivity index (χ0v) is 15.1. The standard InChI is InChI=1S/C19H33NO/c1-18(2,3)15-11-9-14(10-12-15)13-16(20-7)17(21-8)19(4,5)6/h9-12,16-17,20H,13H2,1-8H3. The van der Waals surface area contributed by atoms with Crippen molar-refractivity contribution in [3.8, 4) is 0 Å². The minimum absolute atomic E-state index is 0.119. The van der Waals surface area contributed by atoms with E-state index in [1.807, 2.05) is 14.2 Å². The van der Waals surface area contributed by atoms with Crippen LogP contribution in [0.5, 0.6) is 0 Å². The van der Waals surface area contributed by atoms with Gasteiger partial charge >= 0.3 is 0 Å². The van der Waals surface area contributed by atoms with Crippen LogP contribution in [0.2, 0.25) is 0 Å². The third kappa shape index (κ3) is 5.12. The summed E-state index contributed by atoms with van der Waals surface area (Å²) in [4.78, 5) is 0. The van der Waals surface area contributed by atoms with Gasteiger partial charge in [-0.15, -0.1) is 0 Å². The van der Waals surface area contributed by atoms with E-state index in [4.69, 9.17) is 4.74 Å². The normalized spacial score (nSPS) is 15.8. The number of rotatable bonds is 5. The number of hydrogen-bond acceptors (Lipinski definition) is 2. The molecule has 0 aromatic heterocycles. The van der Waals surface area contributed by atoms with Crippen molar-refractivity contribution < 1.29 is 4.74 Å². The summed E-state index contributed by atoms with van der Waals surface area (Å²) in [6, 6.07) is 9.32. The second-order valence-electron chi connectivity index (χ2n) is 8.07. The summed E-state index contributed by atoms with van der Waals surface area (Å²) in [6.07, 6.45) is 1.17. The van der Waals surface area contributed by atoms with Crippen LogP contribution in [-0.4, -0.2) is 26.3 Å². The molecule has 120 valence electrons. The lowest BCUT2D eigenvalue weighted by Gasteiger charge is -2.36. The molecule has 1 N–H and O–H groups in total. The maximum absolute atomic E-state index is 5.76. The van der Waals surface area contributed by atoms with Gasteiger partial charge in [-0.1, -0.05) is 65.8 Å². The summed E-state index contributed by atoms with van der Waals surface area (Å²) in [5, 5.41) is 3.43. The lowest BCUT2D eigenvalue weighted by Crippen LogP contribution is -2.47. The maximum Gasteiger partial charge on any atom is 0.0775 e. The first-order valence-electron chi connectivity index (χ1n) is 7.89. The quantitative estimate of drug-likeness (QED) is 0.879. The molecule has 1 aromatic carbocycles. The zero-order chi connectivity index (χ0) is 16.3. The molecule has 2 atom stereocenters. The highest BCUT2D eigenvalue weighted by Crippen LogP contribution is 2.27. The first kappa shape index (κ1) is 18.2. The van der Waals surface area contributed by atoms with Gasteiger partial charge in [0.05, 0.1) is 6.10 Å². The Hall–Kier alpha value is -0.860. The molecule has 0 saturated carbocycles. The van der Waals surface area contributed by atoms with Gasteiger partial charge in [-0.2, -0.15) is 0 Å². The molecule has 0 aliphatic heterocycles. The van der Waals surface area contributed by atoms with Gasteiger partial charge in [0.1, 0.15) is 0 Å². The Balaban J connectivity index is 2.87. The van der Waals surface area contributed by atoms with Gasteiger partial charge in [-0.05, 0) is 35.4 Å². The van der Waals surface area contributed by atoms with E-state index in [0.29, 0.717) is 6.04 Å². The van der Waals surface area contributed by atoms with Crippen LogP contribution < -0.4 is 5.32 Å². The highest BCUT2D eigenvalue weighted by molar-refractivity contribution is 5.28. The molecule has 2 heteroatoms. The predicted octanol–water partition coefficient (Wildman–Crippen LogP) is 4.18. The molecule has 0 saturated heterocycles. The SMILES string of the molecule is CNC(Cc1ccc(C(C)(C)C)cc1)C(OC)C(C)(C)C. The van der Waals surface area contributed by atoms with Crippen LogP contribution in [0.4, 0.5) is 0 Å². The van der Waals surface area contributed by atoms with Crippen molar-refractivity contribution in [3.63, 3.8) is 0 Å². The van der Waals surface area contributed by atoms with Crippen LogP contribution in [0.15, 0.2) is 24.3 Å². The number of ether oxygens (including phenoxy) is 1. The average Bonchev–Trinajstić information content (AvgIpc) is 2.36. The largest absolute Gasteiger partial charge is 0.379 e. The number of hydrogen-bond donors (Lipinski definition) is 1. The molecule has 0 fully saturated rings. The minimum Gasteiger partial charge on any atom is -0.379 e.